The Bertz CT molecular complexity index is 602. The first-order valence-corrected chi connectivity index (χ1v) is 7.46. The van der Waals surface area contributed by atoms with E-state index in [1.54, 1.807) is 13.3 Å². The van der Waals surface area contributed by atoms with E-state index in [2.05, 4.69) is 21.2 Å². The topological polar surface area (TPSA) is 67.2 Å². The minimum absolute atomic E-state index is 0.601. The SMILES string of the molecule is COc1ccc(-c2cn[nH]c2N)cc1CN1CCCCC1. The molecule has 1 aromatic heterocycles. The number of piperidine rings is 1. The van der Waals surface area contributed by atoms with E-state index in [-0.39, 0.29) is 0 Å². The first kappa shape index (κ1) is 13.9. The van der Waals surface area contributed by atoms with Crippen molar-refractivity contribution in [2.75, 3.05) is 25.9 Å². The molecule has 0 aliphatic carbocycles. The monoisotopic (exact) mass is 286 g/mol. The van der Waals surface area contributed by atoms with Crippen LogP contribution < -0.4 is 10.5 Å². The third-order valence-corrected chi connectivity index (χ3v) is 4.10. The van der Waals surface area contributed by atoms with Crippen molar-refractivity contribution < 1.29 is 4.74 Å². The number of hydrogen-bond donors (Lipinski definition) is 2. The van der Waals surface area contributed by atoms with E-state index in [1.165, 1.54) is 37.9 Å². The third kappa shape index (κ3) is 3.03. The van der Waals surface area contributed by atoms with Gasteiger partial charge in [-0.25, -0.2) is 0 Å². The predicted octanol–water partition coefficient (Wildman–Crippen LogP) is 2.65. The molecule has 0 saturated carbocycles. The summed E-state index contributed by atoms with van der Waals surface area (Å²) in [6, 6.07) is 6.20. The Labute approximate surface area is 125 Å². The number of nitrogen functional groups attached to an aromatic ring is 1. The van der Waals surface area contributed by atoms with E-state index in [0.29, 0.717) is 5.82 Å². The summed E-state index contributed by atoms with van der Waals surface area (Å²) in [5.41, 5.74) is 9.14. The Morgan fingerprint density at radius 2 is 2.10 bits per heavy atom. The van der Waals surface area contributed by atoms with Crippen LogP contribution in [0.2, 0.25) is 0 Å². The molecule has 1 fully saturated rings. The molecule has 21 heavy (non-hydrogen) atoms. The van der Waals surface area contributed by atoms with Crippen molar-refractivity contribution in [1.82, 2.24) is 15.1 Å². The summed E-state index contributed by atoms with van der Waals surface area (Å²) in [6.45, 7) is 3.26. The van der Waals surface area contributed by atoms with Crippen LogP contribution in [-0.2, 0) is 6.54 Å². The molecule has 2 heterocycles. The average molecular weight is 286 g/mol. The van der Waals surface area contributed by atoms with Gasteiger partial charge in [0.25, 0.3) is 0 Å². The van der Waals surface area contributed by atoms with Crippen LogP contribution in [0.15, 0.2) is 24.4 Å². The van der Waals surface area contributed by atoms with Crippen molar-refractivity contribution in [3.63, 3.8) is 0 Å². The fourth-order valence-corrected chi connectivity index (χ4v) is 2.95. The lowest BCUT2D eigenvalue weighted by Crippen LogP contribution is -2.29. The van der Waals surface area contributed by atoms with Crippen molar-refractivity contribution in [2.24, 2.45) is 0 Å². The van der Waals surface area contributed by atoms with Gasteiger partial charge < -0.3 is 10.5 Å². The quantitative estimate of drug-likeness (QED) is 0.906. The average Bonchev–Trinajstić information content (AvgIpc) is 2.94. The molecule has 0 radical (unpaired) electrons. The van der Waals surface area contributed by atoms with Crippen LogP contribution in [0.3, 0.4) is 0 Å². The van der Waals surface area contributed by atoms with E-state index in [9.17, 15) is 0 Å². The highest BCUT2D eigenvalue weighted by Crippen LogP contribution is 2.30. The minimum atomic E-state index is 0.601. The van der Waals surface area contributed by atoms with Crippen LogP contribution in [0.25, 0.3) is 11.1 Å². The molecule has 0 bridgehead atoms. The number of aromatic nitrogens is 2. The van der Waals surface area contributed by atoms with Crippen LogP contribution in [-0.4, -0.2) is 35.3 Å². The van der Waals surface area contributed by atoms with E-state index >= 15 is 0 Å². The number of hydrogen-bond acceptors (Lipinski definition) is 4. The van der Waals surface area contributed by atoms with Crippen LogP contribution >= 0.6 is 0 Å². The van der Waals surface area contributed by atoms with Gasteiger partial charge >= 0.3 is 0 Å². The maximum atomic E-state index is 5.92. The Hall–Kier alpha value is -2.01. The molecular weight excluding hydrogens is 264 g/mol. The Morgan fingerprint density at radius 3 is 2.76 bits per heavy atom. The number of methoxy groups -OCH3 is 1. The predicted molar refractivity (Wildman–Crippen MR) is 84.1 cm³/mol. The highest BCUT2D eigenvalue weighted by Gasteiger charge is 2.14. The molecule has 112 valence electrons. The molecule has 5 nitrogen and oxygen atoms in total. The van der Waals surface area contributed by atoms with Crippen LogP contribution in [0.5, 0.6) is 5.75 Å². The molecule has 1 aliphatic rings. The molecule has 2 aromatic rings. The van der Waals surface area contributed by atoms with Gasteiger partial charge in [-0.05, 0) is 43.6 Å². The van der Waals surface area contributed by atoms with Crippen molar-refractivity contribution in [3.8, 4) is 16.9 Å². The van der Waals surface area contributed by atoms with E-state index in [1.807, 2.05) is 12.1 Å². The zero-order chi connectivity index (χ0) is 14.7. The van der Waals surface area contributed by atoms with Gasteiger partial charge in [0, 0.05) is 17.7 Å². The number of ether oxygens (including phenoxy) is 1. The summed E-state index contributed by atoms with van der Waals surface area (Å²) in [5, 5.41) is 6.78. The highest BCUT2D eigenvalue weighted by molar-refractivity contribution is 5.74. The lowest BCUT2D eigenvalue weighted by molar-refractivity contribution is 0.218. The van der Waals surface area contributed by atoms with Crippen molar-refractivity contribution in [2.45, 2.75) is 25.8 Å². The smallest absolute Gasteiger partial charge is 0.126 e. The van der Waals surface area contributed by atoms with Crippen LogP contribution in [0.1, 0.15) is 24.8 Å². The van der Waals surface area contributed by atoms with Gasteiger partial charge in [0.05, 0.1) is 13.3 Å². The molecule has 1 aromatic carbocycles. The van der Waals surface area contributed by atoms with E-state index < -0.39 is 0 Å². The number of benzene rings is 1. The van der Waals surface area contributed by atoms with Gasteiger partial charge in [-0.1, -0.05) is 12.5 Å². The molecule has 3 N–H and O–H groups in total. The second-order valence-corrected chi connectivity index (χ2v) is 5.56. The number of rotatable bonds is 4. The van der Waals surface area contributed by atoms with E-state index in [4.69, 9.17) is 10.5 Å². The number of nitrogens with zero attached hydrogens (tertiary/aromatic N) is 2. The molecule has 3 rings (SSSR count). The van der Waals surface area contributed by atoms with Gasteiger partial charge in [-0.15, -0.1) is 0 Å². The van der Waals surface area contributed by atoms with Crippen LogP contribution in [0.4, 0.5) is 5.82 Å². The first-order valence-electron chi connectivity index (χ1n) is 7.46. The highest BCUT2D eigenvalue weighted by atomic mass is 16.5. The number of anilines is 1. The maximum absolute atomic E-state index is 5.92. The normalized spacial score (nSPS) is 16.0. The maximum Gasteiger partial charge on any atom is 0.126 e. The number of H-pyrrole nitrogens is 1. The summed E-state index contributed by atoms with van der Waals surface area (Å²) in [7, 11) is 1.72. The number of likely N-dealkylation sites (tertiary alicyclic amines) is 1. The van der Waals surface area contributed by atoms with Gasteiger partial charge in [0.2, 0.25) is 0 Å². The number of nitrogens with one attached hydrogen (secondary N) is 1. The number of aromatic amines is 1. The van der Waals surface area contributed by atoms with Gasteiger partial charge in [-0.2, -0.15) is 5.10 Å². The summed E-state index contributed by atoms with van der Waals surface area (Å²) >= 11 is 0. The van der Waals surface area contributed by atoms with Crippen molar-refractivity contribution >= 4 is 5.82 Å². The lowest BCUT2D eigenvalue weighted by Gasteiger charge is -2.27. The molecule has 5 heteroatoms. The molecule has 0 atom stereocenters. The summed E-state index contributed by atoms with van der Waals surface area (Å²) in [6.07, 6.45) is 5.69. The fraction of sp³-hybridized carbons (Fsp3) is 0.438. The molecule has 1 aliphatic heterocycles. The first-order chi connectivity index (χ1) is 10.3. The Balaban J connectivity index is 1.88. The second kappa shape index (κ2) is 6.18. The molecule has 1 saturated heterocycles. The zero-order valence-electron chi connectivity index (χ0n) is 12.4. The summed E-state index contributed by atoms with van der Waals surface area (Å²) in [5.74, 6) is 1.54. The molecular formula is C16H22N4O. The van der Waals surface area contributed by atoms with Gasteiger partial charge in [0.1, 0.15) is 11.6 Å². The Kier molecular flexibility index (Phi) is 4.10. The standard InChI is InChI=1S/C16H22N4O/c1-21-15-6-5-12(14-10-18-19-16(14)17)9-13(15)11-20-7-3-2-4-8-20/h5-6,9-10H,2-4,7-8,11H2,1H3,(H3,17,18,19). The minimum Gasteiger partial charge on any atom is -0.496 e. The summed E-state index contributed by atoms with van der Waals surface area (Å²) < 4.78 is 5.51. The Morgan fingerprint density at radius 1 is 1.29 bits per heavy atom. The lowest BCUT2D eigenvalue weighted by atomic mass is 10.0. The largest absolute Gasteiger partial charge is 0.496 e. The van der Waals surface area contributed by atoms with E-state index in [0.717, 1.165) is 23.4 Å². The third-order valence-electron chi connectivity index (χ3n) is 4.10. The fourth-order valence-electron chi connectivity index (χ4n) is 2.95. The van der Waals surface area contributed by atoms with Crippen molar-refractivity contribution in [1.29, 1.82) is 0 Å². The zero-order valence-corrected chi connectivity index (χ0v) is 12.4. The van der Waals surface area contributed by atoms with Gasteiger partial charge in [0.15, 0.2) is 0 Å². The number of nitrogens with two attached hydrogens (primary N) is 1. The second-order valence-electron chi connectivity index (χ2n) is 5.56. The molecule has 0 unspecified atom stereocenters. The molecule has 0 spiro atoms. The van der Waals surface area contributed by atoms with Crippen molar-refractivity contribution in [3.05, 3.63) is 30.0 Å². The van der Waals surface area contributed by atoms with Gasteiger partial charge in [-0.3, -0.25) is 10.00 Å². The van der Waals surface area contributed by atoms with Crippen LogP contribution in [0, 0.1) is 0 Å². The summed E-state index contributed by atoms with van der Waals surface area (Å²) in [4.78, 5) is 2.49. The molecule has 0 amide bonds.